The molecular formula is C13H18N2O2. The molecule has 0 atom stereocenters. The number of aromatic nitrogens is 1. The topological polar surface area (TPSA) is 53.4 Å². The van der Waals surface area contributed by atoms with Crippen molar-refractivity contribution in [2.45, 2.75) is 38.3 Å². The maximum Gasteiger partial charge on any atom is 0.317 e. The van der Waals surface area contributed by atoms with Crippen molar-refractivity contribution < 1.29 is 9.90 Å². The second kappa shape index (κ2) is 5.77. The van der Waals surface area contributed by atoms with E-state index in [4.69, 9.17) is 5.11 Å². The molecule has 17 heavy (non-hydrogen) atoms. The van der Waals surface area contributed by atoms with E-state index >= 15 is 0 Å². The van der Waals surface area contributed by atoms with Crippen molar-refractivity contribution in [1.29, 1.82) is 0 Å². The van der Waals surface area contributed by atoms with Crippen LogP contribution in [0.2, 0.25) is 0 Å². The summed E-state index contributed by atoms with van der Waals surface area (Å²) in [4.78, 5) is 17.0. The maximum atomic E-state index is 10.9. The lowest BCUT2D eigenvalue weighted by molar-refractivity contribution is -0.139. The minimum absolute atomic E-state index is 0.132. The highest BCUT2D eigenvalue weighted by molar-refractivity contribution is 5.69. The summed E-state index contributed by atoms with van der Waals surface area (Å²) in [6.45, 7) is 0.840. The first-order valence-electron chi connectivity index (χ1n) is 6.10. The minimum Gasteiger partial charge on any atom is -0.480 e. The van der Waals surface area contributed by atoms with Gasteiger partial charge in [0.15, 0.2) is 0 Å². The maximum absolute atomic E-state index is 10.9. The summed E-state index contributed by atoms with van der Waals surface area (Å²) in [5.41, 5.74) is 1.13. The Morgan fingerprint density at radius 2 is 2.00 bits per heavy atom. The van der Waals surface area contributed by atoms with Gasteiger partial charge < -0.3 is 5.11 Å². The second-order valence-corrected chi connectivity index (χ2v) is 4.59. The normalized spacial score (nSPS) is 16.5. The van der Waals surface area contributed by atoms with Crippen LogP contribution in [0.1, 0.15) is 31.2 Å². The third-order valence-corrected chi connectivity index (χ3v) is 3.31. The third kappa shape index (κ3) is 3.53. The molecule has 1 N–H and O–H groups in total. The van der Waals surface area contributed by atoms with Crippen LogP contribution in [0.15, 0.2) is 24.5 Å². The number of pyridine rings is 1. The van der Waals surface area contributed by atoms with Gasteiger partial charge in [0.1, 0.15) is 0 Å². The van der Waals surface area contributed by atoms with E-state index in [1.165, 1.54) is 12.8 Å². The van der Waals surface area contributed by atoms with E-state index in [1.807, 2.05) is 12.1 Å². The Kier molecular flexibility index (Phi) is 4.09. The molecule has 1 heterocycles. The number of hydrogen-bond acceptors (Lipinski definition) is 3. The Morgan fingerprint density at radius 1 is 1.35 bits per heavy atom. The molecule has 1 aliphatic rings. The van der Waals surface area contributed by atoms with Crippen molar-refractivity contribution in [2.75, 3.05) is 6.54 Å². The predicted octanol–water partition coefficient (Wildman–Crippen LogP) is 1.91. The van der Waals surface area contributed by atoms with E-state index < -0.39 is 5.97 Å². The number of aliphatic carboxylic acids is 1. The quantitative estimate of drug-likeness (QED) is 0.845. The summed E-state index contributed by atoms with van der Waals surface area (Å²) in [6, 6.07) is 4.33. The zero-order chi connectivity index (χ0) is 12.1. The molecule has 1 aliphatic carbocycles. The van der Waals surface area contributed by atoms with E-state index in [0.717, 1.165) is 18.4 Å². The number of carboxylic acid groups (broad SMARTS) is 1. The van der Waals surface area contributed by atoms with Gasteiger partial charge in [0, 0.05) is 25.0 Å². The van der Waals surface area contributed by atoms with E-state index in [9.17, 15) is 4.79 Å². The summed E-state index contributed by atoms with van der Waals surface area (Å²) >= 11 is 0. The monoisotopic (exact) mass is 234 g/mol. The third-order valence-electron chi connectivity index (χ3n) is 3.31. The van der Waals surface area contributed by atoms with Crippen molar-refractivity contribution in [3.8, 4) is 0 Å². The first-order valence-corrected chi connectivity index (χ1v) is 6.10. The fourth-order valence-electron chi connectivity index (χ4n) is 2.48. The molecule has 1 saturated carbocycles. The zero-order valence-corrected chi connectivity index (χ0v) is 9.88. The highest BCUT2D eigenvalue weighted by atomic mass is 16.4. The summed E-state index contributed by atoms with van der Waals surface area (Å²) < 4.78 is 0. The Labute approximate surface area is 101 Å². The highest BCUT2D eigenvalue weighted by Crippen LogP contribution is 2.24. The average molecular weight is 234 g/mol. The molecule has 1 fully saturated rings. The molecule has 0 spiro atoms. The lowest BCUT2D eigenvalue weighted by Crippen LogP contribution is -2.37. The zero-order valence-electron chi connectivity index (χ0n) is 9.88. The number of rotatable bonds is 5. The van der Waals surface area contributed by atoms with Crippen LogP contribution in [-0.4, -0.2) is 33.5 Å². The lowest BCUT2D eigenvalue weighted by atomic mass is 10.1. The average Bonchev–Trinajstić information content (AvgIpc) is 2.82. The molecule has 0 saturated heterocycles. The van der Waals surface area contributed by atoms with Crippen molar-refractivity contribution in [2.24, 2.45) is 0 Å². The highest BCUT2D eigenvalue weighted by Gasteiger charge is 2.24. The largest absolute Gasteiger partial charge is 0.480 e. The number of hydrogen-bond donors (Lipinski definition) is 1. The van der Waals surface area contributed by atoms with Crippen molar-refractivity contribution in [3.05, 3.63) is 30.1 Å². The molecular weight excluding hydrogens is 216 g/mol. The predicted molar refractivity (Wildman–Crippen MR) is 64.5 cm³/mol. The Bertz CT molecular complexity index is 361. The molecule has 2 rings (SSSR count). The number of carboxylic acids is 1. The first-order chi connectivity index (χ1) is 8.25. The molecule has 92 valence electrons. The lowest BCUT2D eigenvalue weighted by Gasteiger charge is -2.27. The van der Waals surface area contributed by atoms with Crippen molar-refractivity contribution in [3.63, 3.8) is 0 Å². The van der Waals surface area contributed by atoms with E-state index in [1.54, 1.807) is 12.4 Å². The Hall–Kier alpha value is -1.42. The van der Waals surface area contributed by atoms with Gasteiger partial charge in [-0.2, -0.15) is 0 Å². The van der Waals surface area contributed by atoms with Crippen LogP contribution in [-0.2, 0) is 11.3 Å². The molecule has 0 amide bonds. The standard InChI is InChI=1S/C13H18N2O2/c16-13(17)10-15(12-3-1-2-4-12)9-11-5-7-14-8-6-11/h5-8,12H,1-4,9-10H2,(H,16,17). The molecule has 0 bridgehead atoms. The molecule has 1 aromatic heterocycles. The Balaban J connectivity index is 2.02. The summed E-state index contributed by atoms with van der Waals surface area (Å²) in [7, 11) is 0. The summed E-state index contributed by atoms with van der Waals surface area (Å²) in [5, 5.41) is 8.97. The van der Waals surface area contributed by atoms with Gasteiger partial charge in [-0.05, 0) is 30.5 Å². The van der Waals surface area contributed by atoms with E-state index in [0.29, 0.717) is 12.6 Å². The van der Waals surface area contributed by atoms with Crippen LogP contribution < -0.4 is 0 Å². The Morgan fingerprint density at radius 3 is 2.59 bits per heavy atom. The molecule has 1 aromatic rings. The SMILES string of the molecule is O=C(O)CN(Cc1ccncc1)C1CCCC1. The number of carbonyl (C=O) groups is 1. The van der Waals surface area contributed by atoms with Crippen LogP contribution in [0.5, 0.6) is 0 Å². The van der Waals surface area contributed by atoms with Gasteiger partial charge in [0.2, 0.25) is 0 Å². The molecule has 4 heteroatoms. The molecule has 0 unspecified atom stereocenters. The van der Waals surface area contributed by atoms with E-state index in [2.05, 4.69) is 9.88 Å². The van der Waals surface area contributed by atoms with Gasteiger partial charge in [0.25, 0.3) is 0 Å². The summed E-state index contributed by atoms with van der Waals surface area (Å²) in [6.07, 6.45) is 8.19. The minimum atomic E-state index is -0.744. The summed E-state index contributed by atoms with van der Waals surface area (Å²) in [5.74, 6) is -0.744. The fraction of sp³-hybridized carbons (Fsp3) is 0.538. The van der Waals surface area contributed by atoms with Crippen LogP contribution in [0.25, 0.3) is 0 Å². The smallest absolute Gasteiger partial charge is 0.317 e. The molecule has 4 nitrogen and oxygen atoms in total. The van der Waals surface area contributed by atoms with Gasteiger partial charge in [-0.25, -0.2) is 0 Å². The first kappa shape index (κ1) is 12.0. The van der Waals surface area contributed by atoms with Crippen LogP contribution in [0, 0.1) is 0 Å². The number of nitrogens with zero attached hydrogens (tertiary/aromatic N) is 2. The van der Waals surface area contributed by atoms with Crippen LogP contribution in [0.4, 0.5) is 0 Å². The molecule has 0 aliphatic heterocycles. The van der Waals surface area contributed by atoms with Crippen LogP contribution >= 0.6 is 0 Å². The fourth-order valence-corrected chi connectivity index (χ4v) is 2.48. The molecule has 0 aromatic carbocycles. The second-order valence-electron chi connectivity index (χ2n) is 4.59. The van der Waals surface area contributed by atoms with Crippen LogP contribution in [0.3, 0.4) is 0 Å². The van der Waals surface area contributed by atoms with Crippen molar-refractivity contribution >= 4 is 5.97 Å². The van der Waals surface area contributed by atoms with Gasteiger partial charge in [-0.15, -0.1) is 0 Å². The van der Waals surface area contributed by atoms with Gasteiger partial charge in [-0.3, -0.25) is 14.7 Å². The van der Waals surface area contributed by atoms with Gasteiger partial charge in [-0.1, -0.05) is 12.8 Å². The van der Waals surface area contributed by atoms with Crippen molar-refractivity contribution in [1.82, 2.24) is 9.88 Å². The van der Waals surface area contributed by atoms with Gasteiger partial charge >= 0.3 is 5.97 Å². The van der Waals surface area contributed by atoms with Gasteiger partial charge in [0.05, 0.1) is 6.54 Å². The van der Waals surface area contributed by atoms with E-state index in [-0.39, 0.29) is 6.54 Å². The molecule has 0 radical (unpaired) electrons.